The number of sulfonamides is 1. The fourth-order valence-electron chi connectivity index (χ4n) is 1.31. The molecule has 0 saturated heterocycles. The van der Waals surface area contributed by atoms with Gasteiger partial charge < -0.3 is 14.5 Å². The Morgan fingerprint density at radius 1 is 1.53 bits per heavy atom. The van der Waals surface area contributed by atoms with Gasteiger partial charge in [-0.15, -0.1) is 0 Å². The van der Waals surface area contributed by atoms with Gasteiger partial charge in [-0.3, -0.25) is 4.79 Å². The zero-order valence-electron chi connectivity index (χ0n) is 9.34. The number of hydrogen-bond acceptors (Lipinski definition) is 6. The number of furan rings is 1. The fraction of sp³-hybridized carbons (Fsp3) is 0.222. The Bertz CT molecular complexity index is 730. The molecule has 0 saturated carbocycles. The van der Waals surface area contributed by atoms with Crippen molar-refractivity contribution in [2.24, 2.45) is 0 Å². The van der Waals surface area contributed by atoms with Crippen molar-refractivity contribution in [2.45, 2.75) is 18.0 Å². The van der Waals surface area contributed by atoms with Gasteiger partial charge in [-0.05, 0) is 15.9 Å². The minimum absolute atomic E-state index is 0.0165. The van der Waals surface area contributed by atoms with E-state index in [0.29, 0.717) is 5.69 Å². The van der Waals surface area contributed by atoms with Crippen LogP contribution in [0.1, 0.15) is 11.5 Å². The first-order valence-electron chi connectivity index (χ1n) is 4.98. The lowest BCUT2D eigenvalue weighted by Gasteiger charge is -2.03. The van der Waals surface area contributed by atoms with Gasteiger partial charge in [-0.1, -0.05) is 11.3 Å². The third-order valence-corrected chi connectivity index (χ3v) is 5.15. The van der Waals surface area contributed by atoms with Crippen molar-refractivity contribution >= 4 is 37.3 Å². The molecule has 2 heterocycles. The molecular weight excluding hydrogens is 360 g/mol. The number of thiazole rings is 1. The van der Waals surface area contributed by atoms with Gasteiger partial charge in [0.1, 0.15) is 17.3 Å². The number of aliphatic hydroxyl groups excluding tert-OH is 1. The molecule has 10 heteroatoms. The minimum Gasteiger partial charge on any atom is -0.450 e. The predicted molar refractivity (Wildman–Crippen MR) is 71.3 cm³/mol. The number of hydrogen-bond donors (Lipinski definition) is 3. The van der Waals surface area contributed by atoms with Crippen LogP contribution in [0.5, 0.6) is 0 Å². The average molecular weight is 369 g/mol. The lowest BCUT2D eigenvalue weighted by Crippen LogP contribution is -2.23. The molecule has 0 aliphatic rings. The van der Waals surface area contributed by atoms with Crippen LogP contribution in [-0.2, 0) is 23.2 Å². The van der Waals surface area contributed by atoms with E-state index >= 15 is 0 Å². The van der Waals surface area contributed by atoms with E-state index in [1.165, 1.54) is 11.4 Å². The molecule has 104 valence electrons. The Balaban J connectivity index is 2.18. The van der Waals surface area contributed by atoms with Crippen molar-refractivity contribution in [3.63, 3.8) is 0 Å². The largest absolute Gasteiger partial charge is 0.450 e. The second-order valence-corrected chi connectivity index (χ2v) is 6.80. The molecule has 2 aromatic rings. The first kappa shape index (κ1) is 14.5. The van der Waals surface area contributed by atoms with Gasteiger partial charge in [0, 0.05) is 17.1 Å². The van der Waals surface area contributed by atoms with Crippen LogP contribution in [0.15, 0.2) is 30.2 Å². The van der Waals surface area contributed by atoms with Crippen molar-refractivity contribution in [3.8, 4) is 0 Å². The van der Waals surface area contributed by atoms with Crippen LogP contribution in [0.4, 0.5) is 0 Å². The molecule has 0 amide bonds. The zero-order valence-corrected chi connectivity index (χ0v) is 12.6. The molecular formula is C9H9BrN2O5S2. The summed E-state index contributed by atoms with van der Waals surface area (Å²) in [6.45, 7) is -0.431. The number of nitrogens with one attached hydrogen (secondary N) is 2. The molecule has 0 bridgehead atoms. The van der Waals surface area contributed by atoms with Crippen LogP contribution < -0.4 is 9.60 Å². The van der Waals surface area contributed by atoms with E-state index in [1.807, 2.05) is 0 Å². The van der Waals surface area contributed by atoms with Gasteiger partial charge in [0.15, 0.2) is 4.67 Å². The highest BCUT2D eigenvalue weighted by Gasteiger charge is 2.22. The summed E-state index contributed by atoms with van der Waals surface area (Å²) >= 11 is 3.93. The van der Waals surface area contributed by atoms with Gasteiger partial charge in [-0.25, -0.2) is 13.1 Å². The van der Waals surface area contributed by atoms with Crippen molar-refractivity contribution in [1.82, 2.24) is 9.71 Å². The summed E-state index contributed by atoms with van der Waals surface area (Å²) in [5.41, 5.74) is 0.473. The van der Waals surface area contributed by atoms with E-state index in [9.17, 15) is 13.2 Å². The highest BCUT2D eigenvalue weighted by Crippen LogP contribution is 2.26. The maximum absolute atomic E-state index is 12.0. The fourth-order valence-corrected chi connectivity index (χ4v) is 3.89. The summed E-state index contributed by atoms with van der Waals surface area (Å²) in [4.78, 5) is 13.1. The molecule has 0 atom stereocenters. The summed E-state index contributed by atoms with van der Waals surface area (Å²) in [6.07, 6.45) is 0. The van der Waals surface area contributed by atoms with Gasteiger partial charge >= 0.3 is 4.87 Å². The number of aliphatic hydroxyl groups is 1. The van der Waals surface area contributed by atoms with Crippen LogP contribution in [0.25, 0.3) is 0 Å². The van der Waals surface area contributed by atoms with Gasteiger partial charge in [0.05, 0.1) is 6.54 Å². The van der Waals surface area contributed by atoms with E-state index in [-0.39, 0.29) is 26.7 Å². The van der Waals surface area contributed by atoms with Crippen molar-refractivity contribution in [3.05, 3.63) is 37.2 Å². The highest BCUT2D eigenvalue weighted by atomic mass is 79.9. The maximum atomic E-state index is 12.0. The summed E-state index contributed by atoms with van der Waals surface area (Å²) in [5, 5.41) is 10.4. The standard InChI is InChI=1S/C9H9BrN2O5S2/c10-8-7(1-6(3-13)17-8)19(15,16)11-2-5-4-18-9(14)12-5/h1,4,11,13H,2-3H2,(H,12,14). The molecule has 3 N–H and O–H groups in total. The Kier molecular flexibility index (Phi) is 4.26. The van der Waals surface area contributed by atoms with Crippen molar-refractivity contribution in [1.29, 1.82) is 0 Å². The van der Waals surface area contributed by atoms with E-state index in [2.05, 4.69) is 25.6 Å². The van der Waals surface area contributed by atoms with Crippen LogP contribution in [-0.4, -0.2) is 18.5 Å². The normalized spacial score (nSPS) is 11.9. The molecule has 0 spiro atoms. The van der Waals surface area contributed by atoms with Gasteiger partial charge in [0.2, 0.25) is 10.0 Å². The maximum Gasteiger partial charge on any atom is 0.304 e. The molecule has 0 unspecified atom stereocenters. The molecule has 2 rings (SSSR count). The smallest absolute Gasteiger partial charge is 0.304 e. The number of halogens is 1. The number of H-pyrrole nitrogens is 1. The first-order valence-corrected chi connectivity index (χ1v) is 8.13. The highest BCUT2D eigenvalue weighted by molar-refractivity contribution is 9.10. The molecule has 0 aliphatic heterocycles. The summed E-state index contributed by atoms with van der Waals surface area (Å²) in [7, 11) is -3.79. The molecule has 0 aromatic carbocycles. The third kappa shape index (κ3) is 3.34. The quantitative estimate of drug-likeness (QED) is 0.721. The van der Waals surface area contributed by atoms with Crippen LogP contribution >= 0.6 is 27.3 Å². The Morgan fingerprint density at radius 3 is 2.79 bits per heavy atom. The van der Waals surface area contributed by atoms with Crippen molar-refractivity contribution < 1.29 is 17.9 Å². The summed E-state index contributed by atoms with van der Waals surface area (Å²) in [6, 6.07) is 1.22. The molecule has 0 fully saturated rings. The number of rotatable bonds is 5. The number of aromatic nitrogens is 1. The summed E-state index contributed by atoms with van der Waals surface area (Å²) in [5.74, 6) is 0.135. The summed E-state index contributed by atoms with van der Waals surface area (Å²) < 4.78 is 31.3. The molecule has 2 aromatic heterocycles. The number of aromatic amines is 1. The lowest BCUT2D eigenvalue weighted by atomic mass is 10.5. The minimum atomic E-state index is -3.79. The van der Waals surface area contributed by atoms with E-state index in [1.54, 1.807) is 0 Å². The topological polar surface area (TPSA) is 112 Å². The van der Waals surface area contributed by atoms with Crippen LogP contribution in [0.2, 0.25) is 0 Å². The Labute approximate surface area is 120 Å². The van der Waals surface area contributed by atoms with Crippen LogP contribution in [0, 0.1) is 0 Å². The Morgan fingerprint density at radius 2 is 2.26 bits per heavy atom. The van der Waals surface area contributed by atoms with Gasteiger partial charge in [-0.2, -0.15) is 0 Å². The molecule has 0 radical (unpaired) electrons. The third-order valence-electron chi connectivity index (χ3n) is 2.18. The predicted octanol–water partition coefficient (Wildman–Crippen LogP) is 0.763. The average Bonchev–Trinajstić information content (AvgIpc) is 2.93. The van der Waals surface area contributed by atoms with E-state index < -0.39 is 16.6 Å². The van der Waals surface area contributed by atoms with E-state index in [0.717, 1.165) is 11.3 Å². The second kappa shape index (κ2) is 5.59. The first-order chi connectivity index (χ1) is 8.92. The molecule has 19 heavy (non-hydrogen) atoms. The molecule has 7 nitrogen and oxygen atoms in total. The Hall–Kier alpha value is -0.940. The lowest BCUT2D eigenvalue weighted by molar-refractivity contribution is 0.245. The molecule has 0 aliphatic carbocycles. The monoisotopic (exact) mass is 368 g/mol. The van der Waals surface area contributed by atoms with Crippen molar-refractivity contribution in [2.75, 3.05) is 0 Å². The zero-order chi connectivity index (χ0) is 14.0. The second-order valence-electron chi connectivity index (χ2n) is 3.51. The van der Waals surface area contributed by atoms with Crippen LogP contribution in [0.3, 0.4) is 0 Å². The van der Waals surface area contributed by atoms with Gasteiger partial charge in [0.25, 0.3) is 0 Å². The SMILES string of the molecule is O=c1[nH]c(CNS(=O)(=O)c2cc(CO)oc2Br)cs1. The van der Waals surface area contributed by atoms with E-state index in [4.69, 9.17) is 9.52 Å².